The number of fused-ring (bicyclic) bond motifs is 5. The van der Waals surface area contributed by atoms with Crippen LogP contribution in [-0.4, -0.2) is 24.9 Å². The van der Waals surface area contributed by atoms with Crippen LogP contribution < -0.4 is 5.56 Å². The summed E-state index contributed by atoms with van der Waals surface area (Å²) in [6.07, 6.45) is 4.99. The standard InChI is InChI=1S/C21H20N4OS2/c1-3-11-27-21-23-22-20-24(14-7-5-4-6-8-14)18(26)17-15-10-9-13(2)12-16(15)28-19(17)25(20)21/h3-8,13H,1,9-12H2,2H3/t13-/m1/s1. The Morgan fingerprint density at radius 3 is 2.93 bits per heavy atom. The first kappa shape index (κ1) is 17.7. The van der Waals surface area contributed by atoms with E-state index in [1.807, 2.05) is 36.4 Å². The average Bonchev–Trinajstić information content (AvgIpc) is 3.28. The molecule has 5 rings (SSSR count). The number of benzene rings is 1. The Bertz CT molecular complexity index is 1250. The lowest BCUT2D eigenvalue weighted by Gasteiger charge is -2.17. The lowest BCUT2D eigenvalue weighted by Crippen LogP contribution is -2.22. The van der Waals surface area contributed by atoms with Gasteiger partial charge in [-0.25, -0.2) is 8.97 Å². The molecule has 3 aromatic heterocycles. The summed E-state index contributed by atoms with van der Waals surface area (Å²) in [5.74, 6) is 1.97. The van der Waals surface area contributed by atoms with Crippen LogP contribution in [0.4, 0.5) is 0 Å². The van der Waals surface area contributed by atoms with Gasteiger partial charge in [0.05, 0.1) is 11.1 Å². The molecule has 3 heterocycles. The topological polar surface area (TPSA) is 52.2 Å². The maximum Gasteiger partial charge on any atom is 0.268 e. The fraction of sp³-hybridized carbons (Fsp3) is 0.286. The normalized spacial score (nSPS) is 16.5. The van der Waals surface area contributed by atoms with E-state index >= 15 is 0 Å². The van der Waals surface area contributed by atoms with Crippen molar-refractivity contribution in [2.24, 2.45) is 5.92 Å². The molecule has 4 aromatic rings. The third-order valence-electron chi connectivity index (χ3n) is 5.27. The molecule has 5 nitrogen and oxygen atoms in total. The van der Waals surface area contributed by atoms with E-state index in [-0.39, 0.29) is 5.56 Å². The first-order valence-corrected chi connectivity index (χ1v) is 11.2. The van der Waals surface area contributed by atoms with Crippen molar-refractivity contribution in [3.8, 4) is 5.69 Å². The smallest absolute Gasteiger partial charge is 0.268 e. The lowest BCUT2D eigenvalue weighted by atomic mass is 9.89. The molecule has 0 unspecified atom stereocenters. The van der Waals surface area contributed by atoms with Crippen molar-refractivity contribution < 1.29 is 0 Å². The molecule has 0 saturated carbocycles. The fourth-order valence-electron chi connectivity index (χ4n) is 3.94. The van der Waals surface area contributed by atoms with Crippen molar-refractivity contribution in [3.63, 3.8) is 0 Å². The predicted octanol–water partition coefficient (Wildman–Crippen LogP) is 4.50. The molecule has 0 fully saturated rings. The summed E-state index contributed by atoms with van der Waals surface area (Å²) < 4.78 is 3.77. The summed E-state index contributed by atoms with van der Waals surface area (Å²) in [6.45, 7) is 6.10. The molecule has 0 amide bonds. The highest BCUT2D eigenvalue weighted by Crippen LogP contribution is 2.38. The second-order valence-corrected chi connectivity index (χ2v) is 9.30. The van der Waals surface area contributed by atoms with Crippen LogP contribution in [0.1, 0.15) is 23.8 Å². The van der Waals surface area contributed by atoms with E-state index in [4.69, 9.17) is 0 Å². The minimum absolute atomic E-state index is 0.00780. The Morgan fingerprint density at radius 1 is 1.32 bits per heavy atom. The van der Waals surface area contributed by atoms with Gasteiger partial charge in [-0.1, -0.05) is 43.0 Å². The highest BCUT2D eigenvalue weighted by Gasteiger charge is 2.27. The van der Waals surface area contributed by atoms with Gasteiger partial charge >= 0.3 is 0 Å². The Labute approximate surface area is 170 Å². The number of rotatable bonds is 4. The Balaban J connectivity index is 1.91. The molecule has 1 aliphatic carbocycles. The molecule has 0 radical (unpaired) electrons. The van der Waals surface area contributed by atoms with Crippen LogP contribution in [-0.2, 0) is 12.8 Å². The number of thioether (sulfide) groups is 1. The molecular formula is C21H20N4OS2. The van der Waals surface area contributed by atoms with Crippen molar-refractivity contribution in [1.82, 2.24) is 19.2 Å². The summed E-state index contributed by atoms with van der Waals surface area (Å²) in [6, 6.07) is 9.72. The van der Waals surface area contributed by atoms with Crippen LogP contribution in [0.3, 0.4) is 0 Å². The van der Waals surface area contributed by atoms with E-state index in [0.29, 0.717) is 11.7 Å². The number of hydrogen-bond donors (Lipinski definition) is 0. The zero-order valence-electron chi connectivity index (χ0n) is 15.6. The summed E-state index contributed by atoms with van der Waals surface area (Å²) in [7, 11) is 0. The van der Waals surface area contributed by atoms with Crippen LogP contribution in [0.5, 0.6) is 0 Å². The van der Waals surface area contributed by atoms with Gasteiger partial charge < -0.3 is 0 Å². The SMILES string of the molecule is C=CCSc1nnc2n(-c3ccccc3)c(=O)c3c4c(sc3n12)C[C@H](C)CC4. The van der Waals surface area contributed by atoms with E-state index in [0.717, 1.165) is 46.1 Å². The summed E-state index contributed by atoms with van der Waals surface area (Å²) >= 11 is 3.32. The van der Waals surface area contributed by atoms with Crippen LogP contribution >= 0.6 is 23.1 Å². The Hall–Kier alpha value is -2.38. The van der Waals surface area contributed by atoms with Gasteiger partial charge in [0, 0.05) is 10.6 Å². The molecule has 1 aliphatic rings. The summed E-state index contributed by atoms with van der Waals surface area (Å²) in [4.78, 5) is 16.0. The van der Waals surface area contributed by atoms with E-state index in [2.05, 4.69) is 28.1 Å². The number of para-hydroxylation sites is 1. The quantitative estimate of drug-likeness (QED) is 0.369. The van der Waals surface area contributed by atoms with E-state index in [1.54, 1.807) is 27.7 Å². The highest BCUT2D eigenvalue weighted by atomic mass is 32.2. The minimum Gasteiger partial charge on any atom is -0.268 e. The second kappa shape index (κ2) is 6.90. The Kier molecular flexibility index (Phi) is 4.36. The molecule has 0 bridgehead atoms. The van der Waals surface area contributed by atoms with Crippen molar-refractivity contribution in [2.75, 3.05) is 5.75 Å². The maximum atomic E-state index is 13.6. The van der Waals surface area contributed by atoms with Crippen LogP contribution in [0.2, 0.25) is 0 Å². The molecule has 0 N–H and O–H groups in total. The zero-order chi connectivity index (χ0) is 19.3. The van der Waals surface area contributed by atoms with E-state index in [9.17, 15) is 4.79 Å². The van der Waals surface area contributed by atoms with Gasteiger partial charge in [0.1, 0.15) is 4.83 Å². The molecule has 7 heteroatoms. The number of thiophene rings is 1. The maximum absolute atomic E-state index is 13.6. The van der Waals surface area contributed by atoms with Gasteiger partial charge in [-0.05, 0) is 42.9 Å². The van der Waals surface area contributed by atoms with Crippen molar-refractivity contribution in [1.29, 1.82) is 0 Å². The molecule has 28 heavy (non-hydrogen) atoms. The third kappa shape index (κ3) is 2.64. The summed E-state index contributed by atoms with van der Waals surface area (Å²) in [5, 5.41) is 10.5. The minimum atomic E-state index is 0.00780. The van der Waals surface area contributed by atoms with Crippen LogP contribution in [0.25, 0.3) is 21.7 Å². The second-order valence-electron chi connectivity index (χ2n) is 7.23. The number of aryl methyl sites for hydroxylation is 1. The van der Waals surface area contributed by atoms with Crippen LogP contribution in [0, 0.1) is 5.92 Å². The third-order valence-corrected chi connectivity index (χ3v) is 7.44. The monoisotopic (exact) mass is 408 g/mol. The zero-order valence-corrected chi connectivity index (χ0v) is 17.2. The summed E-state index contributed by atoms with van der Waals surface area (Å²) in [5.41, 5.74) is 2.05. The first-order chi connectivity index (χ1) is 13.7. The molecule has 0 saturated heterocycles. The number of hydrogen-bond acceptors (Lipinski definition) is 5. The van der Waals surface area contributed by atoms with E-state index in [1.165, 1.54) is 10.4 Å². The molecule has 1 atom stereocenters. The van der Waals surface area contributed by atoms with Gasteiger partial charge in [-0.15, -0.1) is 28.1 Å². The molecule has 142 valence electrons. The van der Waals surface area contributed by atoms with Gasteiger partial charge in [-0.2, -0.15) is 0 Å². The van der Waals surface area contributed by atoms with Crippen molar-refractivity contribution in [2.45, 2.75) is 31.3 Å². The van der Waals surface area contributed by atoms with Gasteiger partial charge in [-0.3, -0.25) is 4.79 Å². The van der Waals surface area contributed by atoms with Crippen molar-refractivity contribution in [3.05, 3.63) is 63.8 Å². The van der Waals surface area contributed by atoms with Gasteiger partial charge in [0.25, 0.3) is 5.56 Å². The van der Waals surface area contributed by atoms with E-state index < -0.39 is 0 Å². The van der Waals surface area contributed by atoms with Crippen molar-refractivity contribution >= 4 is 39.1 Å². The molecule has 1 aromatic carbocycles. The molecule has 0 aliphatic heterocycles. The highest BCUT2D eigenvalue weighted by molar-refractivity contribution is 7.99. The first-order valence-electron chi connectivity index (χ1n) is 9.42. The predicted molar refractivity (Wildman–Crippen MR) is 116 cm³/mol. The number of nitrogens with zero attached hydrogens (tertiary/aromatic N) is 4. The van der Waals surface area contributed by atoms with Gasteiger partial charge in [0.15, 0.2) is 5.16 Å². The largest absolute Gasteiger partial charge is 0.268 e. The lowest BCUT2D eigenvalue weighted by molar-refractivity contribution is 0.509. The number of aromatic nitrogens is 4. The average molecular weight is 409 g/mol. The molecular weight excluding hydrogens is 388 g/mol. The van der Waals surface area contributed by atoms with Crippen LogP contribution in [0.15, 0.2) is 52.9 Å². The van der Waals surface area contributed by atoms with Gasteiger partial charge in [0.2, 0.25) is 5.78 Å². The Morgan fingerprint density at radius 2 is 2.14 bits per heavy atom. The fourth-order valence-corrected chi connectivity index (χ4v) is 6.16. The molecule has 0 spiro atoms.